The Morgan fingerprint density at radius 2 is 2.17 bits per heavy atom. The van der Waals surface area contributed by atoms with Gasteiger partial charge in [0.25, 0.3) is 0 Å². The maximum Gasteiger partial charge on any atom is 0.119 e. The summed E-state index contributed by atoms with van der Waals surface area (Å²) in [5, 5.41) is 0. The first-order chi connectivity index (χ1) is 8.81. The molecule has 1 aromatic carbocycles. The Morgan fingerprint density at radius 1 is 1.39 bits per heavy atom. The van der Waals surface area contributed by atoms with Crippen molar-refractivity contribution in [1.82, 2.24) is 0 Å². The van der Waals surface area contributed by atoms with Gasteiger partial charge in [-0.2, -0.15) is 0 Å². The summed E-state index contributed by atoms with van der Waals surface area (Å²) in [5.41, 5.74) is 7.47. The number of rotatable bonds is 5. The highest BCUT2D eigenvalue weighted by Gasteiger charge is 2.22. The molecule has 2 N–H and O–H groups in total. The van der Waals surface area contributed by atoms with E-state index in [9.17, 15) is 0 Å². The number of hydrogen-bond acceptors (Lipinski definition) is 3. The van der Waals surface area contributed by atoms with Crippen LogP contribution in [0.5, 0.6) is 5.75 Å². The van der Waals surface area contributed by atoms with Gasteiger partial charge in [0.05, 0.1) is 13.2 Å². The van der Waals surface area contributed by atoms with E-state index < -0.39 is 0 Å². The quantitative estimate of drug-likeness (QED) is 0.872. The first-order valence-corrected chi connectivity index (χ1v) is 6.87. The summed E-state index contributed by atoms with van der Waals surface area (Å²) in [6.45, 7) is 4.54. The first-order valence-electron chi connectivity index (χ1n) is 6.87. The van der Waals surface area contributed by atoms with Crippen LogP contribution in [0.25, 0.3) is 0 Å². The Balaban J connectivity index is 1.95. The maximum absolute atomic E-state index is 6.30. The van der Waals surface area contributed by atoms with Crippen molar-refractivity contribution in [2.45, 2.75) is 32.2 Å². The normalized spacial score (nSPS) is 21.6. The molecule has 3 nitrogen and oxygen atoms in total. The highest BCUT2D eigenvalue weighted by Crippen LogP contribution is 2.27. The van der Waals surface area contributed by atoms with E-state index in [1.54, 1.807) is 0 Å². The van der Waals surface area contributed by atoms with E-state index in [-0.39, 0.29) is 6.04 Å². The molecular formula is C15H23NO2. The van der Waals surface area contributed by atoms with Gasteiger partial charge in [-0.05, 0) is 37.0 Å². The summed E-state index contributed by atoms with van der Waals surface area (Å²) in [7, 11) is 0. The molecule has 0 saturated carbocycles. The van der Waals surface area contributed by atoms with Crippen LogP contribution in [0.2, 0.25) is 0 Å². The Labute approximate surface area is 109 Å². The predicted octanol–water partition coefficient (Wildman–Crippen LogP) is 2.90. The first kappa shape index (κ1) is 13.4. The lowest BCUT2D eigenvalue weighted by atomic mass is 9.89. The van der Waals surface area contributed by atoms with Crippen molar-refractivity contribution in [3.63, 3.8) is 0 Å². The van der Waals surface area contributed by atoms with Crippen LogP contribution in [-0.4, -0.2) is 19.8 Å². The molecule has 1 saturated heterocycles. The monoisotopic (exact) mass is 249 g/mol. The van der Waals surface area contributed by atoms with Crippen molar-refractivity contribution in [1.29, 1.82) is 0 Å². The number of hydrogen-bond donors (Lipinski definition) is 1. The Morgan fingerprint density at radius 3 is 2.78 bits per heavy atom. The summed E-state index contributed by atoms with van der Waals surface area (Å²) in [6, 6.07) is 8.24. The van der Waals surface area contributed by atoms with Crippen LogP contribution in [0.3, 0.4) is 0 Å². The van der Waals surface area contributed by atoms with Crippen molar-refractivity contribution in [3.8, 4) is 5.75 Å². The molecule has 0 radical (unpaired) electrons. The van der Waals surface area contributed by atoms with E-state index in [1.807, 2.05) is 12.1 Å². The molecule has 2 unspecified atom stereocenters. The lowest BCUT2D eigenvalue weighted by Crippen LogP contribution is -2.28. The van der Waals surface area contributed by atoms with Gasteiger partial charge in [0.1, 0.15) is 5.75 Å². The van der Waals surface area contributed by atoms with Gasteiger partial charge in [-0.3, -0.25) is 0 Å². The van der Waals surface area contributed by atoms with Crippen LogP contribution < -0.4 is 10.5 Å². The smallest absolute Gasteiger partial charge is 0.119 e. The van der Waals surface area contributed by atoms with Crippen LogP contribution in [0.4, 0.5) is 0 Å². The molecule has 2 rings (SSSR count). The second-order valence-electron chi connectivity index (χ2n) is 4.92. The van der Waals surface area contributed by atoms with Gasteiger partial charge in [0.15, 0.2) is 0 Å². The number of benzene rings is 1. The van der Waals surface area contributed by atoms with Crippen molar-refractivity contribution >= 4 is 0 Å². The number of nitrogens with two attached hydrogens (primary N) is 1. The van der Waals surface area contributed by atoms with Crippen molar-refractivity contribution in [3.05, 3.63) is 29.8 Å². The topological polar surface area (TPSA) is 44.5 Å². The fraction of sp³-hybridized carbons (Fsp3) is 0.600. The number of ether oxygens (including phenoxy) is 2. The van der Waals surface area contributed by atoms with E-state index in [1.165, 1.54) is 5.56 Å². The largest absolute Gasteiger partial charge is 0.494 e. The van der Waals surface area contributed by atoms with E-state index in [0.717, 1.165) is 44.8 Å². The van der Waals surface area contributed by atoms with Crippen molar-refractivity contribution in [2.75, 3.05) is 19.8 Å². The van der Waals surface area contributed by atoms with Crippen molar-refractivity contribution in [2.24, 2.45) is 11.7 Å². The Hall–Kier alpha value is -1.06. The third kappa shape index (κ3) is 3.47. The lowest BCUT2D eigenvalue weighted by Gasteiger charge is -2.27. The molecule has 1 aromatic rings. The highest BCUT2D eigenvalue weighted by atomic mass is 16.5. The van der Waals surface area contributed by atoms with Crippen LogP contribution in [-0.2, 0) is 4.74 Å². The standard InChI is InChI=1S/C15H23NO2/c1-2-9-18-14-7-5-12(6-8-14)15(16)13-4-3-10-17-11-13/h5-8,13,15H,2-4,9-11,16H2,1H3. The summed E-state index contributed by atoms with van der Waals surface area (Å²) in [5.74, 6) is 1.37. The molecule has 0 spiro atoms. The Kier molecular flexibility index (Phi) is 5.02. The summed E-state index contributed by atoms with van der Waals surface area (Å²) < 4.78 is 11.1. The molecule has 0 amide bonds. The van der Waals surface area contributed by atoms with E-state index in [2.05, 4.69) is 19.1 Å². The van der Waals surface area contributed by atoms with Gasteiger partial charge in [-0.25, -0.2) is 0 Å². The molecule has 0 aliphatic carbocycles. The van der Waals surface area contributed by atoms with Gasteiger partial charge in [0.2, 0.25) is 0 Å². The summed E-state index contributed by atoms with van der Waals surface area (Å²) >= 11 is 0. The average molecular weight is 249 g/mol. The van der Waals surface area contributed by atoms with Gasteiger partial charge in [0, 0.05) is 18.6 Å². The van der Waals surface area contributed by atoms with E-state index >= 15 is 0 Å². The zero-order valence-corrected chi connectivity index (χ0v) is 11.1. The fourth-order valence-electron chi connectivity index (χ4n) is 2.33. The van der Waals surface area contributed by atoms with Crippen molar-refractivity contribution < 1.29 is 9.47 Å². The van der Waals surface area contributed by atoms with Gasteiger partial charge < -0.3 is 15.2 Å². The molecule has 3 heteroatoms. The van der Waals surface area contributed by atoms with Crippen LogP contribution >= 0.6 is 0 Å². The zero-order chi connectivity index (χ0) is 12.8. The van der Waals surface area contributed by atoms with Crippen LogP contribution in [0.1, 0.15) is 37.8 Å². The maximum atomic E-state index is 6.30. The van der Waals surface area contributed by atoms with E-state index in [4.69, 9.17) is 15.2 Å². The van der Waals surface area contributed by atoms with Gasteiger partial charge in [-0.1, -0.05) is 19.1 Å². The molecule has 18 heavy (non-hydrogen) atoms. The average Bonchev–Trinajstić information content (AvgIpc) is 2.46. The SMILES string of the molecule is CCCOc1ccc(C(N)C2CCCOC2)cc1. The minimum Gasteiger partial charge on any atom is -0.494 e. The molecule has 1 aliphatic rings. The second kappa shape index (κ2) is 6.76. The minimum absolute atomic E-state index is 0.0746. The lowest BCUT2D eigenvalue weighted by molar-refractivity contribution is 0.0447. The van der Waals surface area contributed by atoms with E-state index in [0.29, 0.717) is 5.92 Å². The zero-order valence-electron chi connectivity index (χ0n) is 11.1. The van der Waals surface area contributed by atoms with Crippen LogP contribution in [0.15, 0.2) is 24.3 Å². The Bertz CT molecular complexity index is 344. The third-order valence-electron chi connectivity index (χ3n) is 3.44. The molecule has 2 atom stereocenters. The molecule has 1 aliphatic heterocycles. The minimum atomic E-state index is 0.0746. The molecule has 100 valence electrons. The predicted molar refractivity (Wildman–Crippen MR) is 72.7 cm³/mol. The molecular weight excluding hydrogens is 226 g/mol. The van der Waals surface area contributed by atoms with Crippen LogP contribution in [0, 0.1) is 5.92 Å². The molecule has 1 heterocycles. The molecule has 1 fully saturated rings. The highest BCUT2D eigenvalue weighted by molar-refractivity contribution is 5.29. The fourth-order valence-corrected chi connectivity index (χ4v) is 2.33. The summed E-state index contributed by atoms with van der Waals surface area (Å²) in [6.07, 6.45) is 3.31. The molecule has 0 bridgehead atoms. The molecule has 0 aromatic heterocycles. The second-order valence-corrected chi connectivity index (χ2v) is 4.92. The summed E-state index contributed by atoms with van der Waals surface area (Å²) in [4.78, 5) is 0. The van der Waals surface area contributed by atoms with Gasteiger partial charge >= 0.3 is 0 Å². The van der Waals surface area contributed by atoms with Gasteiger partial charge in [-0.15, -0.1) is 0 Å². The third-order valence-corrected chi connectivity index (χ3v) is 3.44.